The predicted molar refractivity (Wildman–Crippen MR) is 632 cm³/mol. The van der Waals surface area contributed by atoms with E-state index in [1.807, 2.05) is 48.5 Å². The Morgan fingerprint density at radius 2 is 0.377 bits per heavy atom. The third-order valence-electron chi connectivity index (χ3n) is 28.9. The highest BCUT2D eigenvalue weighted by Crippen LogP contribution is 2.54. The van der Waals surface area contributed by atoms with Crippen molar-refractivity contribution in [2.24, 2.45) is 0 Å². The number of nitrogens with zero attached hydrogens (tertiary/aromatic N) is 4. The molecule has 0 aliphatic rings. The molecule has 0 bridgehead atoms. The van der Waals surface area contributed by atoms with Crippen molar-refractivity contribution in [2.45, 2.75) is 183 Å². The lowest BCUT2D eigenvalue weighted by atomic mass is 9.73. The van der Waals surface area contributed by atoms with Crippen LogP contribution in [0.15, 0.2) is 443 Å². The summed E-state index contributed by atoms with van der Waals surface area (Å²) in [5.74, 6) is 0. The molecule has 23 aromatic rings. The molecule has 4 aromatic heterocycles. The number of aromatic nitrogens is 4. The van der Waals surface area contributed by atoms with Gasteiger partial charge in [-0.2, -0.15) is 0 Å². The Morgan fingerprint density at radius 1 is 0.158 bits per heavy atom. The molecular weight excluding hydrogens is 1760 g/mol. The van der Waals surface area contributed by atoms with Gasteiger partial charge in [0.2, 0.25) is 0 Å². The van der Waals surface area contributed by atoms with Crippen LogP contribution in [0.1, 0.15) is 191 Å². The largest absolute Gasteiger partial charge is 0.309 e. The third-order valence-corrected chi connectivity index (χ3v) is 28.9. The van der Waals surface area contributed by atoms with Gasteiger partial charge in [-0.05, 0) is 252 Å². The van der Waals surface area contributed by atoms with Crippen molar-refractivity contribution >= 4 is 87.2 Å². The molecule has 0 N–H and O–H groups in total. The SMILES string of the molecule is CC(C)(C)c1c(-c2ccccc2)ccc2c1c1c(-c3ccccc3)cccc1n2-c1ccccc1.CC(C)(C)c1cc(-c2ccc3c(c2C(C)(C)C)c2c(-c4ccccc4)cccc2n3-c2ccccc2)cc(C(C)(C)C)c1.CC(C)(C)c1ccc2c(c1C(C)(C)C)c1c(-c3ccccc3)cccc1n2-c1ccccc1.[2H]c1c([2H])c([2H])c(-c2ccc3c(c2C(C)(C)C)c2c(-c4ccccc4)cccc2n3-c2ccccc2)c([2H])c1[2H]. The van der Waals surface area contributed by atoms with Crippen LogP contribution in [-0.4, -0.2) is 18.3 Å². The smallest absolute Gasteiger partial charge is 0.0629 e. The molecule has 0 saturated carbocycles. The number of para-hydroxylation sites is 4. The number of rotatable bonds is 11. The fourth-order valence-electron chi connectivity index (χ4n) is 22.5. The van der Waals surface area contributed by atoms with Crippen molar-refractivity contribution in [3.05, 3.63) is 482 Å². The van der Waals surface area contributed by atoms with Crippen molar-refractivity contribution in [2.75, 3.05) is 0 Å². The summed E-state index contributed by atoms with van der Waals surface area (Å²) < 4.78 is 52.0. The minimum Gasteiger partial charge on any atom is -0.309 e. The van der Waals surface area contributed by atoms with Crippen molar-refractivity contribution in [1.29, 1.82) is 0 Å². The molecule has 0 radical (unpaired) electrons. The molecule has 4 heterocycles. The van der Waals surface area contributed by atoms with Gasteiger partial charge in [0.05, 0.1) is 51.0 Å². The molecule has 0 saturated heterocycles. The van der Waals surface area contributed by atoms with E-state index in [2.05, 4.69) is 528 Å². The lowest BCUT2D eigenvalue weighted by molar-refractivity contribution is 0.535. The lowest BCUT2D eigenvalue weighted by Gasteiger charge is -2.31. The summed E-state index contributed by atoms with van der Waals surface area (Å²) in [6.45, 7) is 48.5. The van der Waals surface area contributed by atoms with Gasteiger partial charge in [0.25, 0.3) is 0 Å². The van der Waals surface area contributed by atoms with Crippen LogP contribution in [-0.2, 0) is 37.9 Å². The van der Waals surface area contributed by atoms with E-state index in [0.29, 0.717) is 5.56 Å². The van der Waals surface area contributed by atoms with Crippen LogP contribution >= 0.6 is 0 Å². The highest BCUT2D eigenvalue weighted by Gasteiger charge is 2.36. The zero-order valence-corrected chi connectivity index (χ0v) is 88.5. The second-order valence-electron chi connectivity index (χ2n) is 46.4. The van der Waals surface area contributed by atoms with Gasteiger partial charge in [0.15, 0.2) is 0 Å². The number of hydrogen-bond acceptors (Lipinski definition) is 0. The molecule has 0 aliphatic heterocycles. The second kappa shape index (κ2) is 38.8. The van der Waals surface area contributed by atoms with Gasteiger partial charge in [-0.25, -0.2) is 0 Å². The minimum absolute atomic E-state index is 0.00171. The summed E-state index contributed by atoms with van der Waals surface area (Å²) in [6.07, 6.45) is 0. The first-order valence-electron chi connectivity index (χ1n) is 54.2. The van der Waals surface area contributed by atoms with E-state index in [4.69, 9.17) is 6.85 Å². The number of fused-ring (bicyclic) bond motifs is 12. The lowest BCUT2D eigenvalue weighted by Crippen LogP contribution is -2.22. The predicted octanol–water partition coefficient (Wildman–Crippen LogP) is 39.9. The van der Waals surface area contributed by atoms with E-state index in [0.717, 1.165) is 44.2 Å². The zero-order valence-electron chi connectivity index (χ0n) is 93.5. The summed E-state index contributed by atoms with van der Waals surface area (Å²) in [6, 6.07) is 147. The first kappa shape index (κ1) is 91.6. The molecule has 0 amide bonds. The summed E-state index contributed by atoms with van der Waals surface area (Å²) in [4.78, 5) is 0. The maximum absolute atomic E-state index is 8.78. The van der Waals surface area contributed by atoms with Gasteiger partial charge in [0, 0.05) is 65.8 Å². The van der Waals surface area contributed by atoms with Gasteiger partial charge in [-0.1, -0.05) is 491 Å². The Hall–Kier alpha value is -15.6. The van der Waals surface area contributed by atoms with Gasteiger partial charge in [-0.15, -0.1) is 0 Å². The maximum Gasteiger partial charge on any atom is 0.0629 e. The Labute approximate surface area is 872 Å². The van der Waals surface area contributed by atoms with Gasteiger partial charge >= 0.3 is 0 Å². The van der Waals surface area contributed by atoms with Crippen molar-refractivity contribution < 1.29 is 6.85 Å². The van der Waals surface area contributed by atoms with Crippen LogP contribution < -0.4 is 0 Å². The van der Waals surface area contributed by atoms with E-state index < -0.39 is 5.41 Å². The Morgan fingerprint density at radius 3 is 0.623 bits per heavy atom. The van der Waals surface area contributed by atoms with Crippen molar-refractivity contribution in [3.8, 4) is 101 Å². The van der Waals surface area contributed by atoms with Crippen LogP contribution in [0.2, 0.25) is 0 Å². The first-order chi connectivity index (χ1) is 72.1. The van der Waals surface area contributed by atoms with Gasteiger partial charge in [-0.3, -0.25) is 0 Å². The summed E-state index contributed by atoms with van der Waals surface area (Å²) in [5, 5.41) is 10.2. The highest BCUT2D eigenvalue weighted by atomic mass is 15.0. The number of hydrogen-bond donors (Lipinski definition) is 0. The fourth-order valence-corrected chi connectivity index (χ4v) is 22.5. The molecule has 0 unspecified atom stereocenters. The summed E-state index contributed by atoms with van der Waals surface area (Å²) in [7, 11) is 0. The minimum atomic E-state index is -0.419. The van der Waals surface area contributed by atoms with Crippen LogP contribution in [0.3, 0.4) is 0 Å². The fraction of sp³-hybridized carbons (Fsp3) is 0.197. The maximum atomic E-state index is 8.78. The molecule has 0 aliphatic carbocycles. The molecule has 4 nitrogen and oxygen atoms in total. The third kappa shape index (κ3) is 18.6. The average molecular weight is 1900 g/mol. The molecular formula is C142H136N4. The molecule has 19 aromatic carbocycles. The Kier molecular flexibility index (Phi) is 24.3. The van der Waals surface area contributed by atoms with Gasteiger partial charge in [0.1, 0.15) is 0 Å². The highest BCUT2D eigenvalue weighted by molar-refractivity contribution is 6.23. The molecule has 0 atom stereocenters. The molecule has 0 fully saturated rings. The summed E-state index contributed by atoms with van der Waals surface area (Å²) >= 11 is 0. The van der Waals surface area contributed by atoms with Crippen LogP contribution in [0.4, 0.5) is 0 Å². The topological polar surface area (TPSA) is 19.7 Å². The average Bonchev–Trinajstić information content (AvgIpc) is 1.58. The van der Waals surface area contributed by atoms with Crippen molar-refractivity contribution in [1.82, 2.24) is 18.3 Å². The first-order valence-corrected chi connectivity index (χ1v) is 51.7. The van der Waals surface area contributed by atoms with E-state index in [-0.39, 0.29) is 68.3 Å². The summed E-state index contributed by atoms with van der Waals surface area (Å²) in [5.41, 5.74) is 39.0. The zero-order chi connectivity index (χ0) is 106. The molecule has 724 valence electrons. The number of benzene rings is 19. The molecule has 4 heteroatoms. The molecule has 23 rings (SSSR count). The van der Waals surface area contributed by atoms with Crippen LogP contribution in [0, 0.1) is 0 Å². The van der Waals surface area contributed by atoms with Crippen molar-refractivity contribution in [3.63, 3.8) is 0 Å². The van der Waals surface area contributed by atoms with E-state index >= 15 is 0 Å². The van der Waals surface area contributed by atoms with Crippen LogP contribution in [0.5, 0.6) is 0 Å². The van der Waals surface area contributed by atoms with E-state index in [1.54, 1.807) is 0 Å². The second-order valence-corrected chi connectivity index (χ2v) is 46.4. The normalized spacial score (nSPS) is 12.8. The van der Waals surface area contributed by atoms with Crippen LogP contribution in [0.25, 0.3) is 188 Å². The Bertz CT molecular complexity index is 8980. The molecule has 146 heavy (non-hydrogen) atoms. The van der Waals surface area contributed by atoms with E-state index in [9.17, 15) is 0 Å². The quantitative estimate of drug-likeness (QED) is 0.123. The van der Waals surface area contributed by atoms with Gasteiger partial charge < -0.3 is 18.3 Å². The van der Waals surface area contributed by atoms with E-state index in [1.165, 1.54) is 171 Å². The Balaban J connectivity index is 0.000000122. The standard InChI is InChI=1S/C42H45N.2C34H29N.C32H33N/c1-40(2,3)30-25-29(26-31(27-30)41(4,5)6)34-23-24-36-38(39(34)42(7,8)9)37-33(28-17-12-10-13-18-28)21-16-22-35(37)43(36)32-19-14-11-15-20-32;2*1-34(2,3)33-28(25-16-9-5-10-17-25)22-23-30-32(33)31-27(24-14-7-4-8-15-24)20-13-21-29(31)35(30)26-18-11-6-12-19-26;1-31(2,3)25-20-21-27-29(30(25)32(4,5)6)28-24(22-14-9-7-10-15-22)18-13-19-26(28)33(27)23-16-11-8-12-17-23/h10-27H,1-9H3;2*4-23H,1-3H3;7-21H,1-6H3/i;5D,9D,10D,16D,17D;;. The monoisotopic (exact) mass is 1900 g/mol. The molecule has 0 spiro atoms.